The van der Waals surface area contributed by atoms with Gasteiger partial charge in [-0.15, -0.1) is 11.8 Å². The number of likely N-dealkylation sites (tertiary alicyclic amines) is 1. The minimum Gasteiger partial charge on any atom is -0.465 e. The molecule has 2 aromatic rings. The van der Waals surface area contributed by atoms with Gasteiger partial charge in [0.15, 0.2) is 0 Å². The number of anilines is 1. The Kier molecular flexibility index (Phi) is 9.30. The average molecular weight is 603 g/mol. The van der Waals surface area contributed by atoms with Crippen molar-refractivity contribution in [2.45, 2.75) is 55.6 Å². The molecular formula is C28H32N3O8S2+. The van der Waals surface area contributed by atoms with E-state index in [0.717, 1.165) is 23.5 Å². The van der Waals surface area contributed by atoms with Crippen LogP contribution < -0.4 is 10.7 Å². The molecule has 1 aliphatic carbocycles. The highest BCUT2D eigenvalue weighted by molar-refractivity contribution is 8.00. The molecule has 218 valence electrons. The SMILES string of the molecule is CC(=[NH2+])CCCSC1CC(=O)N(CCC(=O)Nc2ccc3c(c2)C(COC(C)=O)c2cccc(S(=O)(=O)O)c2-3)C1=O. The zero-order chi connectivity index (χ0) is 29.9. The lowest BCUT2D eigenvalue weighted by atomic mass is 9.97. The number of fused-ring (bicyclic) bond motifs is 3. The number of carbonyl (C=O) groups excluding carboxylic acids is 4. The molecule has 4 rings (SSSR count). The molecule has 41 heavy (non-hydrogen) atoms. The molecule has 4 N–H and O–H groups in total. The van der Waals surface area contributed by atoms with Crippen LogP contribution in [0.3, 0.4) is 0 Å². The number of thioether (sulfide) groups is 1. The van der Waals surface area contributed by atoms with E-state index < -0.39 is 33.2 Å². The Balaban J connectivity index is 1.44. The number of imide groups is 1. The summed E-state index contributed by atoms with van der Waals surface area (Å²) >= 11 is 1.43. The molecule has 2 unspecified atom stereocenters. The number of carbonyl (C=O) groups is 4. The van der Waals surface area contributed by atoms with Gasteiger partial charge in [-0.1, -0.05) is 18.2 Å². The van der Waals surface area contributed by atoms with Gasteiger partial charge in [0.1, 0.15) is 17.2 Å². The maximum Gasteiger partial charge on any atom is 0.302 e. The van der Waals surface area contributed by atoms with Crippen molar-refractivity contribution in [2.75, 3.05) is 24.2 Å². The second kappa shape index (κ2) is 12.5. The smallest absolute Gasteiger partial charge is 0.302 e. The van der Waals surface area contributed by atoms with Crippen LogP contribution in [0.25, 0.3) is 11.1 Å². The highest BCUT2D eigenvalue weighted by atomic mass is 32.2. The minimum absolute atomic E-state index is 0.0422. The summed E-state index contributed by atoms with van der Waals surface area (Å²) in [4.78, 5) is 50.3. The number of nitrogens with one attached hydrogen (secondary N) is 1. The van der Waals surface area contributed by atoms with Gasteiger partial charge in [-0.2, -0.15) is 8.42 Å². The van der Waals surface area contributed by atoms with Gasteiger partial charge < -0.3 is 10.1 Å². The topological polar surface area (TPSA) is 173 Å². The number of rotatable bonds is 12. The normalized spacial score (nSPS) is 17.8. The summed E-state index contributed by atoms with van der Waals surface area (Å²) in [7, 11) is -4.54. The van der Waals surface area contributed by atoms with Gasteiger partial charge in [0.2, 0.25) is 17.7 Å². The van der Waals surface area contributed by atoms with E-state index in [2.05, 4.69) is 5.32 Å². The van der Waals surface area contributed by atoms with Crippen molar-refractivity contribution in [3.63, 3.8) is 0 Å². The molecule has 0 radical (unpaired) electrons. The van der Waals surface area contributed by atoms with Crippen LogP contribution in [0, 0.1) is 0 Å². The first-order valence-corrected chi connectivity index (χ1v) is 15.6. The van der Waals surface area contributed by atoms with E-state index in [-0.39, 0.29) is 42.7 Å². The van der Waals surface area contributed by atoms with Crippen LogP contribution in [0.5, 0.6) is 0 Å². The fraction of sp³-hybridized carbons (Fsp3) is 0.393. The molecule has 2 aliphatic rings. The summed E-state index contributed by atoms with van der Waals surface area (Å²) in [6.07, 6.45) is 1.58. The summed E-state index contributed by atoms with van der Waals surface area (Å²) < 4.78 is 39.2. The molecule has 1 heterocycles. The molecular weight excluding hydrogens is 570 g/mol. The highest BCUT2D eigenvalue weighted by Crippen LogP contribution is 2.48. The molecule has 1 fully saturated rings. The van der Waals surface area contributed by atoms with Gasteiger partial charge in [-0.3, -0.25) is 34.0 Å². The van der Waals surface area contributed by atoms with Gasteiger partial charge in [0, 0.05) is 56.8 Å². The van der Waals surface area contributed by atoms with Crippen molar-refractivity contribution in [1.82, 2.24) is 4.90 Å². The van der Waals surface area contributed by atoms with Gasteiger partial charge >= 0.3 is 5.97 Å². The van der Waals surface area contributed by atoms with E-state index in [1.54, 1.807) is 24.3 Å². The zero-order valence-electron chi connectivity index (χ0n) is 22.7. The van der Waals surface area contributed by atoms with Crippen LogP contribution >= 0.6 is 11.8 Å². The van der Waals surface area contributed by atoms with Crippen molar-refractivity contribution in [3.05, 3.63) is 47.5 Å². The molecule has 0 aromatic heterocycles. The lowest BCUT2D eigenvalue weighted by Gasteiger charge is -2.16. The predicted molar refractivity (Wildman–Crippen MR) is 153 cm³/mol. The molecule has 3 amide bonds. The zero-order valence-corrected chi connectivity index (χ0v) is 24.3. The van der Waals surface area contributed by atoms with Crippen molar-refractivity contribution < 1.29 is 42.3 Å². The molecule has 2 aromatic carbocycles. The van der Waals surface area contributed by atoms with Crippen LogP contribution in [-0.2, 0) is 34.0 Å². The number of hydrogen-bond donors (Lipinski definition) is 3. The van der Waals surface area contributed by atoms with Crippen LogP contribution in [0.2, 0.25) is 0 Å². The Morgan fingerprint density at radius 2 is 1.90 bits per heavy atom. The number of amides is 3. The Morgan fingerprint density at radius 1 is 1.15 bits per heavy atom. The standard InChI is InChI=1S/C28H31N3O8S2/c1-16(29)5-4-12-40-23-14-26(34)31(28(23)35)11-10-25(33)30-18-8-9-20-21(13-18)22(15-39-17(2)32)19-6-3-7-24(27(19)20)41(36,37)38/h3,6-9,13,22-23,29H,4-5,10-12,14-15H2,1-2H3,(H,30,33)(H,36,37,38)/p+1. The maximum absolute atomic E-state index is 12.8. The Bertz CT molecular complexity index is 1520. The first-order valence-electron chi connectivity index (χ1n) is 13.1. The molecule has 1 saturated heterocycles. The van der Waals surface area contributed by atoms with Crippen LogP contribution in [0.15, 0.2) is 41.3 Å². The van der Waals surface area contributed by atoms with Crippen molar-refractivity contribution in [1.29, 1.82) is 0 Å². The summed E-state index contributed by atoms with van der Waals surface area (Å²) in [5.74, 6) is -1.34. The van der Waals surface area contributed by atoms with Gasteiger partial charge in [-0.05, 0) is 47.1 Å². The number of hydrogen-bond acceptors (Lipinski definition) is 8. The number of esters is 1. The molecule has 2 atom stereocenters. The van der Waals surface area contributed by atoms with Crippen molar-refractivity contribution in [2.24, 2.45) is 0 Å². The van der Waals surface area contributed by atoms with E-state index in [9.17, 15) is 32.1 Å². The second-order valence-electron chi connectivity index (χ2n) is 10.0. The third-order valence-corrected chi connectivity index (χ3v) is 9.14. The number of nitrogens with two attached hydrogens (primary N) is 1. The predicted octanol–water partition coefficient (Wildman–Crippen LogP) is 1.80. The van der Waals surface area contributed by atoms with E-state index in [1.807, 2.05) is 6.92 Å². The summed E-state index contributed by atoms with van der Waals surface area (Å²) in [5, 5.41) is 7.98. The molecule has 13 heteroatoms. The van der Waals surface area contributed by atoms with E-state index in [1.165, 1.54) is 30.8 Å². The molecule has 0 saturated carbocycles. The van der Waals surface area contributed by atoms with Crippen molar-refractivity contribution in [3.8, 4) is 11.1 Å². The van der Waals surface area contributed by atoms with Gasteiger partial charge in [-0.25, -0.2) is 0 Å². The highest BCUT2D eigenvalue weighted by Gasteiger charge is 2.39. The lowest BCUT2D eigenvalue weighted by molar-refractivity contribution is -0.141. The second-order valence-corrected chi connectivity index (χ2v) is 12.7. The Hall–Kier alpha value is -3.55. The van der Waals surface area contributed by atoms with E-state index in [4.69, 9.17) is 10.1 Å². The Morgan fingerprint density at radius 3 is 2.59 bits per heavy atom. The Labute approximate surface area is 242 Å². The summed E-state index contributed by atoms with van der Waals surface area (Å²) in [5.41, 5.74) is 3.25. The van der Waals surface area contributed by atoms with Crippen LogP contribution in [0.1, 0.15) is 56.6 Å². The number of ether oxygens (including phenoxy) is 1. The lowest BCUT2D eigenvalue weighted by Crippen LogP contribution is -2.37. The summed E-state index contributed by atoms with van der Waals surface area (Å²) in [6.45, 7) is 2.99. The van der Waals surface area contributed by atoms with Crippen molar-refractivity contribution >= 4 is 57.0 Å². The quantitative estimate of drug-likeness (QED) is 0.108. The first kappa shape index (κ1) is 30.4. The molecule has 1 aliphatic heterocycles. The molecule has 0 bridgehead atoms. The third-order valence-electron chi connectivity index (χ3n) is 6.94. The number of nitrogens with zero attached hydrogens (tertiary/aromatic N) is 1. The first-order chi connectivity index (χ1) is 19.4. The molecule has 11 nitrogen and oxygen atoms in total. The monoisotopic (exact) mass is 602 g/mol. The third kappa shape index (κ3) is 7.03. The van der Waals surface area contributed by atoms with Gasteiger partial charge in [0.05, 0.1) is 5.25 Å². The molecule has 0 spiro atoms. The van der Waals surface area contributed by atoms with Gasteiger partial charge in [0.25, 0.3) is 10.1 Å². The van der Waals surface area contributed by atoms with Crippen LogP contribution in [-0.4, -0.2) is 71.4 Å². The largest absolute Gasteiger partial charge is 0.465 e. The fourth-order valence-corrected chi connectivity index (χ4v) is 6.94. The fourth-order valence-electron chi connectivity index (χ4n) is 5.08. The summed E-state index contributed by atoms with van der Waals surface area (Å²) in [6, 6.07) is 9.38. The number of benzene rings is 2. The average Bonchev–Trinajstić information content (AvgIpc) is 3.35. The minimum atomic E-state index is -4.54. The van der Waals surface area contributed by atoms with E-state index >= 15 is 0 Å². The van der Waals surface area contributed by atoms with Crippen LogP contribution in [0.4, 0.5) is 5.69 Å². The maximum atomic E-state index is 12.8. The van der Waals surface area contributed by atoms with E-state index in [0.29, 0.717) is 33.7 Å².